The molecule has 0 bridgehead atoms. The van der Waals surface area contributed by atoms with Crippen LogP contribution in [0.15, 0.2) is 109 Å². The van der Waals surface area contributed by atoms with E-state index in [1.807, 2.05) is 41.5 Å². The van der Waals surface area contributed by atoms with Crippen molar-refractivity contribution in [3.63, 3.8) is 0 Å². The van der Waals surface area contributed by atoms with Crippen LogP contribution in [0.1, 0.15) is 52.7 Å². The van der Waals surface area contributed by atoms with Crippen LogP contribution in [-0.4, -0.2) is 0 Å². The Bertz CT molecular complexity index is 2050. The largest absolute Gasteiger partial charge is 0.0683 e. The first-order valence-electron chi connectivity index (χ1n) is 15.7. The van der Waals surface area contributed by atoms with E-state index in [2.05, 4.69) is 123 Å². The summed E-state index contributed by atoms with van der Waals surface area (Å²) in [6.45, 7) is 16.3. The molecular weight excluding hydrogens is 504 g/mol. The number of benzene rings is 8. The summed E-state index contributed by atoms with van der Waals surface area (Å²) in [5.41, 5.74) is 7.75. The van der Waals surface area contributed by atoms with Gasteiger partial charge >= 0.3 is 0 Å². The summed E-state index contributed by atoms with van der Waals surface area (Å²) in [6, 6.07) is 41.1. The molecule has 0 aliphatic rings. The average Bonchev–Trinajstić information content (AvgIpc) is 3.07. The third-order valence-electron chi connectivity index (χ3n) is 8.11. The van der Waals surface area contributed by atoms with Crippen LogP contribution in [0.3, 0.4) is 0 Å². The molecule has 0 saturated heterocycles. The minimum absolute atomic E-state index is 1.28. The topological polar surface area (TPSA) is 0 Å². The molecule has 0 aliphatic carbocycles. The molecule has 8 aromatic rings. The fraction of sp³-hybridized carbons (Fsp3) is 0.190. The average molecular weight is 547 g/mol. The van der Waals surface area contributed by atoms with Gasteiger partial charge in [0.25, 0.3) is 0 Å². The Balaban J connectivity index is 0.000000555. The lowest BCUT2D eigenvalue weighted by Gasteiger charge is -2.21. The summed E-state index contributed by atoms with van der Waals surface area (Å²) in [4.78, 5) is 0. The summed E-state index contributed by atoms with van der Waals surface area (Å²) in [7, 11) is 0. The first-order chi connectivity index (χ1) is 20.7. The monoisotopic (exact) mass is 546 g/mol. The van der Waals surface area contributed by atoms with E-state index in [1.165, 1.54) is 87.2 Å². The fourth-order valence-corrected chi connectivity index (χ4v) is 6.35. The molecular formula is C42H42. The van der Waals surface area contributed by atoms with Gasteiger partial charge in [-0.15, -0.1) is 0 Å². The van der Waals surface area contributed by atoms with Crippen molar-refractivity contribution in [1.82, 2.24) is 0 Å². The molecule has 0 unspecified atom stereocenters. The standard InChI is InChI=1S/C36H24.3C2H6/c1-21-6-10-23(11-7-21)27-18-19-31-28-4-3-5-29-32(24-12-8-22(2)9-13-24)20-26-15-14-25-16-17-30(27)36(31)33(25)34(26)35(28)29;3*1-2/h3-20H,1-2H3;3*1-2H3. The third-order valence-corrected chi connectivity index (χ3v) is 8.11. The van der Waals surface area contributed by atoms with Gasteiger partial charge in [0.15, 0.2) is 0 Å². The molecule has 0 amide bonds. The van der Waals surface area contributed by atoms with Crippen LogP contribution < -0.4 is 0 Å². The number of hydrogen-bond acceptors (Lipinski definition) is 0. The Kier molecular flexibility index (Phi) is 8.46. The summed E-state index contributed by atoms with van der Waals surface area (Å²) >= 11 is 0. The lowest BCUT2D eigenvalue weighted by molar-refractivity contribution is 1.47. The maximum Gasteiger partial charge on any atom is -0.00136 e. The van der Waals surface area contributed by atoms with Crippen molar-refractivity contribution in [1.29, 1.82) is 0 Å². The Morgan fingerprint density at radius 1 is 0.333 bits per heavy atom. The van der Waals surface area contributed by atoms with E-state index in [0.717, 1.165) is 0 Å². The van der Waals surface area contributed by atoms with Crippen molar-refractivity contribution in [2.45, 2.75) is 55.4 Å². The van der Waals surface area contributed by atoms with Gasteiger partial charge in [0.05, 0.1) is 0 Å². The number of fused-ring (bicyclic) bond motifs is 1. The lowest BCUT2D eigenvalue weighted by Crippen LogP contribution is -1.93. The van der Waals surface area contributed by atoms with E-state index in [-0.39, 0.29) is 0 Å². The zero-order valence-corrected chi connectivity index (χ0v) is 26.4. The van der Waals surface area contributed by atoms with Crippen LogP contribution in [0.25, 0.3) is 76.1 Å². The molecule has 210 valence electrons. The van der Waals surface area contributed by atoms with Gasteiger partial charge in [-0.3, -0.25) is 0 Å². The van der Waals surface area contributed by atoms with Crippen LogP contribution >= 0.6 is 0 Å². The van der Waals surface area contributed by atoms with Crippen molar-refractivity contribution in [3.8, 4) is 22.3 Å². The maximum absolute atomic E-state index is 2.40. The highest BCUT2D eigenvalue weighted by Gasteiger charge is 2.20. The van der Waals surface area contributed by atoms with Crippen LogP contribution in [0, 0.1) is 13.8 Å². The molecule has 0 fully saturated rings. The molecule has 0 saturated carbocycles. The van der Waals surface area contributed by atoms with Crippen molar-refractivity contribution in [3.05, 3.63) is 120 Å². The van der Waals surface area contributed by atoms with Gasteiger partial charge in [-0.05, 0) is 96.0 Å². The lowest BCUT2D eigenvalue weighted by atomic mass is 9.82. The molecule has 8 rings (SSSR count). The van der Waals surface area contributed by atoms with E-state index in [1.54, 1.807) is 0 Å². The molecule has 0 radical (unpaired) electrons. The molecule has 0 N–H and O–H groups in total. The van der Waals surface area contributed by atoms with Gasteiger partial charge in [-0.2, -0.15) is 0 Å². The van der Waals surface area contributed by atoms with Crippen molar-refractivity contribution in [2.24, 2.45) is 0 Å². The summed E-state index contributed by atoms with van der Waals surface area (Å²) in [6.07, 6.45) is 0. The second-order valence-corrected chi connectivity index (χ2v) is 10.3. The Hall–Kier alpha value is -4.42. The predicted octanol–water partition coefficient (Wildman–Crippen LogP) is 13.4. The number of hydrogen-bond donors (Lipinski definition) is 0. The highest BCUT2D eigenvalue weighted by atomic mass is 14.2. The van der Waals surface area contributed by atoms with E-state index in [4.69, 9.17) is 0 Å². The first kappa shape index (κ1) is 29.1. The van der Waals surface area contributed by atoms with Crippen molar-refractivity contribution in [2.75, 3.05) is 0 Å². The van der Waals surface area contributed by atoms with Crippen molar-refractivity contribution < 1.29 is 0 Å². The fourth-order valence-electron chi connectivity index (χ4n) is 6.35. The van der Waals surface area contributed by atoms with Crippen LogP contribution in [0.5, 0.6) is 0 Å². The van der Waals surface area contributed by atoms with Gasteiger partial charge in [-0.1, -0.05) is 156 Å². The SMILES string of the molecule is CC.CC.CC.Cc1ccc(-c2ccc3c4cccc5c(-c6ccc(C)cc6)cc6ccc7ccc2c3c7c6c54)cc1. The highest BCUT2D eigenvalue weighted by Crippen LogP contribution is 2.48. The van der Waals surface area contributed by atoms with E-state index < -0.39 is 0 Å². The minimum Gasteiger partial charge on any atom is -0.0683 e. The van der Waals surface area contributed by atoms with Gasteiger partial charge < -0.3 is 0 Å². The maximum atomic E-state index is 2.40. The first-order valence-corrected chi connectivity index (χ1v) is 15.7. The van der Waals surface area contributed by atoms with Crippen LogP contribution in [0.4, 0.5) is 0 Å². The quantitative estimate of drug-likeness (QED) is 0.149. The van der Waals surface area contributed by atoms with Gasteiger partial charge in [0.1, 0.15) is 0 Å². The zero-order chi connectivity index (χ0) is 30.0. The highest BCUT2D eigenvalue weighted by molar-refractivity contribution is 6.41. The minimum atomic E-state index is 1.28. The summed E-state index contributed by atoms with van der Waals surface area (Å²) in [5, 5.41) is 13.6. The molecule has 0 spiro atoms. The molecule has 0 heteroatoms. The molecule has 0 atom stereocenters. The molecule has 8 aromatic carbocycles. The number of rotatable bonds is 2. The van der Waals surface area contributed by atoms with Crippen LogP contribution in [0.2, 0.25) is 0 Å². The van der Waals surface area contributed by atoms with Gasteiger partial charge in [-0.25, -0.2) is 0 Å². The van der Waals surface area contributed by atoms with Crippen LogP contribution in [-0.2, 0) is 0 Å². The van der Waals surface area contributed by atoms with E-state index in [9.17, 15) is 0 Å². The smallest absolute Gasteiger partial charge is 0.00136 e. The normalized spacial score (nSPS) is 10.9. The van der Waals surface area contributed by atoms with E-state index in [0.29, 0.717) is 0 Å². The van der Waals surface area contributed by atoms with Gasteiger partial charge in [0.2, 0.25) is 0 Å². The zero-order valence-electron chi connectivity index (χ0n) is 26.4. The third kappa shape index (κ3) is 4.56. The molecule has 0 aliphatic heterocycles. The summed E-state index contributed by atoms with van der Waals surface area (Å²) in [5.74, 6) is 0. The van der Waals surface area contributed by atoms with Gasteiger partial charge in [0, 0.05) is 0 Å². The molecule has 42 heavy (non-hydrogen) atoms. The predicted molar refractivity (Wildman–Crippen MR) is 191 cm³/mol. The van der Waals surface area contributed by atoms with Crippen molar-refractivity contribution >= 4 is 53.9 Å². The molecule has 0 heterocycles. The Labute approximate surface area is 251 Å². The Morgan fingerprint density at radius 3 is 1.38 bits per heavy atom. The second-order valence-electron chi connectivity index (χ2n) is 10.3. The molecule has 0 aromatic heterocycles. The second kappa shape index (κ2) is 12.2. The molecule has 0 nitrogen and oxygen atoms in total. The Morgan fingerprint density at radius 2 is 0.762 bits per heavy atom. The van der Waals surface area contributed by atoms with E-state index >= 15 is 0 Å². The summed E-state index contributed by atoms with van der Waals surface area (Å²) < 4.78 is 0. The number of aryl methyl sites for hydroxylation is 2.